The normalized spacial score (nSPS) is 11.4. The second-order valence-electron chi connectivity index (χ2n) is 7.72. The maximum absolute atomic E-state index is 13.3. The van der Waals surface area contributed by atoms with E-state index >= 15 is 0 Å². The molecule has 0 fully saturated rings. The molecule has 0 aliphatic heterocycles. The first-order valence-electron chi connectivity index (χ1n) is 10.4. The molecule has 6 aromatic rings. The first-order valence-corrected chi connectivity index (χ1v) is 10.4. The van der Waals surface area contributed by atoms with E-state index in [0.29, 0.717) is 23.4 Å². The molecule has 0 amide bonds. The van der Waals surface area contributed by atoms with Gasteiger partial charge in [-0.1, -0.05) is 91.0 Å². The molecule has 154 valence electrons. The third-order valence-corrected chi connectivity index (χ3v) is 5.70. The number of hydrogen-bond donors (Lipinski definition) is 1. The minimum atomic E-state index is -0.267. The second-order valence-corrected chi connectivity index (χ2v) is 7.72. The van der Waals surface area contributed by atoms with Crippen LogP contribution in [-0.4, -0.2) is 24.4 Å². The Balaban J connectivity index is 1.67. The van der Waals surface area contributed by atoms with Crippen molar-refractivity contribution in [1.82, 2.24) is 24.4 Å². The van der Waals surface area contributed by atoms with Crippen LogP contribution in [0.1, 0.15) is 5.56 Å². The Bertz CT molecular complexity index is 1600. The summed E-state index contributed by atoms with van der Waals surface area (Å²) in [7, 11) is 0. The van der Waals surface area contributed by atoms with Gasteiger partial charge in [0.25, 0.3) is 5.56 Å². The van der Waals surface area contributed by atoms with E-state index in [-0.39, 0.29) is 5.56 Å². The van der Waals surface area contributed by atoms with Crippen LogP contribution in [0.4, 0.5) is 0 Å². The molecular weight excluding hydrogens is 398 g/mol. The van der Waals surface area contributed by atoms with Gasteiger partial charge in [-0.2, -0.15) is 10.1 Å². The van der Waals surface area contributed by atoms with E-state index in [1.54, 1.807) is 0 Å². The van der Waals surface area contributed by atoms with Crippen molar-refractivity contribution in [2.24, 2.45) is 0 Å². The fourth-order valence-corrected chi connectivity index (χ4v) is 4.23. The van der Waals surface area contributed by atoms with Crippen LogP contribution in [0.5, 0.6) is 0 Å². The Morgan fingerprint density at radius 3 is 2.06 bits per heavy atom. The van der Waals surface area contributed by atoms with Crippen LogP contribution in [0.25, 0.3) is 39.1 Å². The van der Waals surface area contributed by atoms with Gasteiger partial charge in [-0.15, -0.1) is 0 Å². The summed E-state index contributed by atoms with van der Waals surface area (Å²) in [6.45, 7) is 0.576. The van der Waals surface area contributed by atoms with Gasteiger partial charge in [-0.25, -0.2) is 9.73 Å². The average molecular weight is 417 g/mol. The van der Waals surface area contributed by atoms with Crippen molar-refractivity contribution in [1.29, 1.82) is 0 Å². The van der Waals surface area contributed by atoms with Gasteiger partial charge in [0.15, 0.2) is 5.65 Å². The molecule has 6 rings (SSSR count). The molecule has 0 bridgehead atoms. The summed E-state index contributed by atoms with van der Waals surface area (Å²) >= 11 is 0. The van der Waals surface area contributed by atoms with E-state index < -0.39 is 0 Å². The van der Waals surface area contributed by atoms with E-state index in [1.807, 2.05) is 94.1 Å². The van der Waals surface area contributed by atoms with Crippen molar-refractivity contribution in [2.75, 3.05) is 0 Å². The monoisotopic (exact) mass is 417 g/mol. The third-order valence-electron chi connectivity index (χ3n) is 5.70. The number of H-pyrrole nitrogens is 1. The zero-order valence-corrected chi connectivity index (χ0v) is 17.1. The topological polar surface area (TPSA) is 68.0 Å². The molecule has 0 unspecified atom stereocenters. The van der Waals surface area contributed by atoms with Crippen LogP contribution in [0.2, 0.25) is 0 Å². The summed E-state index contributed by atoms with van der Waals surface area (Å²) < 4.78 is 3.81. The Labute approximate surface area is 183 Å². The highest BCUT2D eigenvalue weighted by atomic mass is 16.1. The van der Waals surface area contributed by atoms with E-state index in [4.69, 9.17) is 0 Å². The van der Waals surface area contributed by atoms with Crippen LogP contribution >= 0.6 is 0 Å². The Morgan fingerprint density at radius 1 is 0.750 bits per heavy atom. The van der Waals surface area contributed by atoms with Crippen LogP contribution < -0.4 is 5.56 Å². The summed E-state index contributed by atoms with van der Waals surface area (Å²) in [6, 6.07) is 30.0. The van der Waals surface area contributed by atoms with Crippen molar-refractivity contribution < 1.29 is 0 Å². The quantitative estimate of drug-likeness (QED) is 0.450. The highest BCUT2D eigenvalue weighted by Gasteiger charge is 2.21. The molecule has 3 heterocycles. The lowest BCUT2D eigenvalue weighted by molar-refractivity contribution is 0.825. The van der Waals surface area contributed by atoms with Gasteiger partial charge in [0.1, 0.15) is 16.7 Å². The zero-order chi connectivity index (χ0) is 21.5. The van der Waals surface area contributed by atoms with E-state index in [9.17, 15) is 4.79 Å². The first kappa shape index (κ1) is 18.3. The molecule has 3 aromatic heterocycles. The molecule has 3 aromatic carbocycles. The van der Waals surface area contributed by atoms with E-state index in [2.05, 4.69) is 27.4 Å². The average Bonchev–Trinajstić information content (AvgIpc) is 3.43. The lowest BCUT2D eigenvalue weighted by atomic mass is 10.1. The van der Waals surface area contributed by atoms with Gasteiger partial charge in [0, 0.05) is 23.9 Å². The number of aromatic amines is 1. The fraction of sp³-hybridized carbons (Fsp3) is 0.0385. The highest BCUT2D eigenvalue weighted by Crippen LogP contribution is 2.31. The molecule has 0 spiro atoms. The minimum absolute atomic E-state index is 0.267. The Morgan fingerprint density at radius 2 is 1.38 bits per heavy atom. The lowest BCUT2D eigenvalue weighted by Gasteiger charge is -2.05. The van der Waals surface area contributed by atoms with E-state index in [1.165, 1.54) is 0 Å². The fourth-order valence-electron chi connectivity index (χ4n) is 4.23. The summed E-state index contributed by atoms with van der Waals surface area (Å²) in [5.41, 5.74) is 6.23. The predicted molar refractivity (Wildman–Crippen MR) is 126 cm³/mol. The summed E-state index contributed by atoms with van der Waals surface area (Å²) in [6.07, 6.45) is 2.03. The van der Waals surface area contributed by atoms with Gasteiger partial charge in [0.2, 0.25) is 0 Å². The molecule has 6 nitrogen and oxygen atoms in total. The van der Waals surface area contributed by atoms with Crippen LogP contribution in [-0.2, 0) is 6.54 Å². The van der Waals surface area contributed by atoms with Crippen LogP contribution in [0.3, 0.4) is 0 Å². The second kappa shape index (κ2) is 7.35. The van der Waals surface area contributed by atoms with Crippen molar-refractivity contribution in [3.05, 3.63) is 113 Å². The molecule has 6 heteroatoms. The Hall–Kier alpha value is -4.45. The smallest absolute Gasteiger partial charge is 0.297 e. The number of nitrogens with zero attached hydrogens (tertiary/aromatic N) is 4. The van der Waals surface area contributed by atoms with Crippen LogP contribution in [0, 0.1) is 0 Å². The molecule has 0 saturated heterocycles. The largest absolute Gasteiger partial charge is 0.337 e. The van der Waals surface area contributed by atoms with Crippen molar-refractivity contribution >= 4 is 16.7 Å². The van der Waals surface area contributed by atoms with Gasteiger partial charge < -0.3 is 4.57 Å². The highest BCUT2D eigenvalue weighted by molar-refractivity contribution is 5.95. The number of fused-ring (bicyclic) bond motifs is 3. The molecule has 0 radical (unpaired) electrons. The number of hydrogen-bond acceptors (Lipinski definition) is 3. The molecule has 1 N–H and O–H groups in total. The molecular formula is C26H19N5O. The maximum atomic E-state index is 13.3. The maximum Gasteiger partial charge on any atom is 0.297 e. The van der Waals surface area contributed by atoms with Crippen molar-refractivity contribution in [3.63, 3.8) is 0 Å². The predicted octanol–water partition coefficient (Wildman–Crippen LogP) is 4.75. The molecule has 0 saturated carbocycles. The van der Waals surface area contributed by atoms with E-state index in [0.717, 1.165) is 27.8 Å². The Kier molecular flexibility index (Phi) is 4.21. The zero-order valence-electron chi connectivity index (χ0n) is 17.1. The molecule has 0 atom stereocenters. The van der Waals surface area contributed by atoms with Crippen LogP contribution in [0.15, 0.2) is 102 Å². The number of benzene rings is 3. The van der Waals surface area contributed by atoms with Gasteiger partial charge in [0.05, 0.1) is 0 Å². The standard InChI is InChI=1S/C26H19N5O/c32-26-24-23(31-25(27-26)22(28-29-31)20-14-8-3-9-15-20)21(19-12-6-2-7-13-19)17-30(24)16-18-10-4-1-5-11-18/h1-15,17,29H,16H2. The third kappa shape index (κ3) is 2.93. The summed E-state index contributed by atoms with van der Waals surface area (Å²) in [5, 5.41) is 7.61. The number of aromatic nitrogens is 5. The van der Waals surface area contributed by atoms with Gasteiger partial charge >= 0.3 is 0 Å². The SMILES string of the molecule is O=c1nc2c(-c3ccccc3)n[nH]n2c2c(-c3ccccc3)cn(Cc3ccccc3)c12. The van der Waals surface area contributed by atoms with Crippen molar-refractivity contribution in [3.8, 4) is 22.4 Å². The first-order chi connectivity index (χ1) is 15.8. The van der Waals surface area contributed by atoms with Crippen molar-refractivity contribution in [2.45, 2.75) is 6.54 Å². The molecule has 0 aliphatic rings. The molecule has 0 aliphatic carbocycles. The number of nitrogens with one attached hydrogen (secondary N) is 1. The lowest BCUT2D eigenvalue weighted by Crippen LogP contribution is -2.14. The van der Waals surface area contributed by atoms with Gasteiger partial charge in [-0.05, 0) is 11.1 Å². The molecule has 32 heavy (non-hydrogen) atoms. The minimum Gasteiger partial charge on any atom is -0.337 e. The van der Waals surface area contributed by atoms with Gasteiger partial charge in [-0.3, -0.25) is 4.79 Å². The summed E-state index contributed by atoms with van der Waals surface area (Å²) in [4.78, 5) is 17.8. The summed E-state index contributed by atoms with van der Waals surface area (Å²) in [5.74, 6) is 0. The number of rotatable bonds is 4.